The number of halogens is 2. The van der Waals surface area contributed by atoms with Crippen molar-refractivity contribution >= 4 is 29.0 Å². The van der Waals surface area contributed by atoms with Crippen LogP contribution in [0.2, 0.25) is 10.0 Å². The highest BCUT2D eigenvalue weighted by atomic mass is 35.5. The summed E-state index contributed by atoms with van der Waals surface area (Å²) in [5, 5.41) is 5.47. The molecular formula is C24H23Cl2N4O2+. The highest BCUT2D eigenvalue weighted by molar-refractivity contribution is 6.42. The minimum absolute atomic E-state index is 0.0205. The molecule has 0 fully saturated rings. The van der Waals surface area contributed by atoms with E-state index in [4.69, 9.17) is 33.7 Å². The minimum atomic E-state index is -0.0205. The summed E-state index contributed by atoms with van der Waals surface area (Å²) in [5.74, 6) is 1.02. The molecular weight excluding hydrogens is 447 g/mol. The van der Waals surface area contributed by atoms with Gasteiger partial charge in [0.1, 0.15) is 36.7 Å². The number of amidine groups is 1. The SMILES string of the molecule is NC1=N[N+](CCOc2cccc(Cl)c2Cl)(Cc2ccc(Cn3ccccc3=O)cc2)C=C1. The maximum atomic E-state index is 11.9. The molecule has 3 aromatic rings. The van der Waals surface area contributed by atoms with E-state index in [0.29, 0.717) is 52.5 Å². The van der Waals surface area contributed by atoms with Crippen LogP contribution < -0.4 is 16.0 Å². The van der Waals surface area contributed by atoms with Crippen LogP contribution >= 0.6 is 23.2 Å². The van der Waals surface area contributed by atoms with Crippen molar-refractivity contribution < 1.29 is 9.33 Å². The summed E-state index contributed by atoms with van der Waals surface area (Å²) in [5.41, 5.74) is 8.07. The predicted octanol–water partition coefficient (Wildman–Crippen LogP) is 4.40. The smallest absolute Gasteiger partial charge is 0.250 e. The number of quaternary nitrogens is 1. The first-order valence-electron chi connectivity index (χ1n) is 10.2. The third-order valence-corrected chi connectivity index (χ3v) is 6.02. The molecule has 164 valence electrons. The van der Waals surface area contributed by atoms with Crippen molar-refractivity contribution in [3.8, 4) is 5.75 Å². The molecule has 2 aromatic carbocycles. The van der Waals surface area contributed by atoms with Gasteiger partial charge in [0.15, 0.2) is 5.84 Å². The molecule has 0 saturated heterocycles. The first kappa shape index (κ1) is 22.1. The van der Waals surface area contributed by atoms with Gasteiger partial charge in [-0.25, -0.2) is 0 Å². The van der Waals surface area contributed by atoms with Gasteiger partial charge in [-0.15, -0.1) is 0 Å². The summed E-state index contributed by atoms with van der Waals surface area (Å²) in [6.45, 7) is 2.10. The van der Waals surface area contributed by atoms with Gasteiger partial charge in [-0.05, 0) is 23.8 Å². The lowest BCUT2D eigenvalue weighted by atomic mass is 10.1. The Bertz CT molecular complexity index is 1220. The van der Waals surface area contributed by atoms with Gasteiger partial charge < -0.3 is 15.0 Å². The van der Waals surface area contributed by atoms with Crippen LogP contribution in [0.3, 0.4) is 0 Å². The fourth-order valence-electron chi connectivity index (χ4n) is 3.57. The molecule has 6 nitrogen and oxygen atoms in total. The van der Waals surface area contributed by atoms with Crippen LogP contribution in [0.25, 0.3) is 0 Å². The number of nitrogens with two attached hydrogens (primary N) is 1. The summed E-state index contributed by atoms with van der Waals surface area (Å²) in [6, 6.07) is 18.6. The van der Waals surface area contributed by atoms with E-state index in [9.17, 15) is 4.79 Å². The number of hydrogen-bond donors (Lipinski definition) is 1. The molecule has 1 aliphatic heterocycles. The van der Waals surface area contributed by atoms with Crippen LogP contribution in [0, 0.1) is 0 Å². The van der Waals surface area contributed by atoms with Crippen LogP contribution in [-0.2, 0) is 13.1 Å². The first-order valence-corrected chi connectivity index (χ1v) is 10.9. The Labute approximate surface area is 196 Å². The molecule has 1 atom stereocenters. The Kier molecular flexibility index (Phi) is 6.65. The maximum Gasteiger partial charge on any atom is 0.250 e. The highest BCUT2D eigenvalue weighted by Gasteiger charge is 2.30. The van der Waals surface area contributed by atoms with Crippen molar-refractivity contribution in [2.45, 2.75) is 13.1 Å². The summed E-state index contributed by atoms with van der Waals surface area (Å²) in [4.78, 5) is 11.9. The van der Waals surface area contributed by atoms with Gasteiger partial charge in [0, 0.05) is 23.9 Å². The second kappa shape index (κ2) is 9.61. The lowest BCUT2D eigenvalue weighted by molar-refractivity contribution is -0.897. The van der Waals surface area contributed by atoms with Crippen molar-refractivity contribution in [2.24, 2.45) is 10.8 Å². The molecule has 1 aliphatic rings. The minimum Gasteiger partial charge on any atom is -0.486 e. The molecule has 32 heavy (non-hydrogen) atoms. The third kappa shape index (κ3) is 5.22. The molecule has 8 heteroatoms. The van der Waals surface area contributed by atoms with Gasteiger partial charge in [-0.3, -0.25) is 4.79 Å². The first-order chi connectivity index (χ1) is 15.4. The van der Waals surface area contributed by atoms with E-state index in [2.05, 4.69) is 17.2 Å². The van der Waals surface area contributed by atoms with Gasteiger partial charge >= 0.3 is 0 Å². The van der Waals surface area contributed by atoms with Crippen molar-refractivity contribution in [1.82, 2.24) is 4.57 Å². The molecule has 4 rings (SSSR count). The van der Waals surface area contributed by atoms with Crippen LogP contribution in [0.5, 0.6) is 5.75 Å². The van der Waals surface area contributed by atoms with Crippen molar-refractivity contribution in [3.63, 3.8) is 0 Å². The zero-order valence-corrected chi connectivity index (χ0v) is 18.8. The zero-order chi connectivity index (χ0) is 22.6. The number of rotatable bonds is 8. The zero-order valence-electron chi connectivity index (χ0n) is 17.3. The molecule has 0 radical (unpaired) electrons. The lowest BCUT2D eigenvalue weighted by Crippen LogP contribution is -2.39. The number of benzene rings is 2. The fourth-order valence-corrected chi connectivity index (χ4v) is 3.91. The Balaban J connectivity index is 1.43. The molecule has 2 heterocycles. The van der Waals surface area contributed by atoms with E-state index < -0.39 is 0 Å². The van der Waals surface area contributed by atoms with Gasteiger partial charge in [0.2, 0.25) is 0 Å². The van der Waals surface area contributed by atoms with E-state index in [1.807, 2.05) is 30.5 Å². The van der Waals surface area contributed by atoms with Gasteiger partial charge in [-0.1, -0.05) is 64.7 Å². The molecule has 1 unspecified atom stereocenters. The van der Waals surface area contributed by atoms with Crippen molar-refractivity contribution in [1.29, 1.82) is 0 Å². The van der Waals surface area contributed by atoms with E-state index in [1.165, 1.54) is 0 Å². The second-order valence-corrected chi connectivity index (χ2v) is 8.38. The Morgan fingerprint density at radius 3 is 2.50 bits per heavy atom. The van der Waals surface area contributed by atoms with Crippen LogP contribution in [0.1, 0.15) is 11.1 Å². The Hall–Kier alpha value is -3.06. The summed E-state index contributed by atoms with van der Waals surface area (Å²) in [7, 11) is 0. The van der Waals surface area contributed by atoms with E-state index >= 15 is 0 Å². The lowest BCUT2D eigenvalue weighted by Gasteiger charge is -2.26. The number of ether oxygens (including phenoxy) is 1. The van der Waals surface area contributed by atoms with E-state index in [-0.39, 0.29) is 5.56 Å². The maximum absolute atomic E-state index is 11.9. The number of nitrogens with zero attached hydrogens (tertiary/aromatic N) is 3. The number of hydrogen-bond acceptors (Lipinski definition) is 4. The van der Waals surface area contributed by atoms with E-state index in [1.54, 1.807) is 41.1 Å². The molecule has 0 spiro atoms. The summed E-state index contributed by atoms with van der Waals surface area (Å²) < 4.78 is 7.84. The number of pyridine rings is 1. The summed E-state index contributed by atoms with van der Waals surface area (Å²) in [6.07, 6.45) is 5.56. The largest absolute Gasteiger partial charge is 0.486 e. The van der Waals surface area contributed by atoms with Gasteiger partial charge in [-0.2, -0.15) is 4.59 Å². The third-order valence-electron chi connectivity index (χ3n) is 5.22. The fraction of sp³-hybridized carbons (Fsp3) is 0.167. The quantitative estimate of drug-likeness (QED) is 0.497. The normalized spacial score (nSPS) is 17.4. The highest BCUT2D eigenvalue weighted by Crippen LogP contribution is 2.31. The van der Waals surface area contributed by atoms with Crippen LogP contribution in [-0.4, -0.2) is 28.1 Å². The van der Waals surface area contributed by atoms with Gasteiger partial charge in [0.05, 0.1) is 11.6 Å². The predicted molar refractivity (Wildman–Crippen MR) is 128 cm³/mol. The van der Waals surface area contributed by atoms with E-state index in [0.717, 1.165) is 11.1 Å². The standard InChI is InChI=1S/C24H23Cl2N4O2/c25-20-4-3-5-21(24(20)26)32-15-14-30(13-11-22(27)28-30)17-19-9-7-18(8-10-19)16-29-12-2-1-6-23(29)31/h1-13H,14-17H2,(H2,27,28)/q+1. The Morgan fingerprint density at radius 1 is 1.00 bits per heavy atom. The molecule has 1 aromatic heterocycles. The molecule has 0 bridgehead atoms. The average molecular weight is 470 g/mol. The van der Waals surface area contributed by atoms with Crippen LogP contribution in [0.15, 0.2) is 89.0 Å². The molecule has 0 saturated carbocycles. The van der Waals surface area contributed by atoms with Crippen LogP contribution in [0.4, 0.5) is 0 Å². The Morgan fingerprint density at radius 2 is 1.78 bits per heavy atom. The molecule has 2 N–H and O–H groups in total. The second-order valence-electron chi connectivity index (χ2n) is 7.59. The topological polar surface area (TPSA) is 69.6 Å². The summed E-state index contributed by atoms with van der Waals surface area (Å²) >= 11 is 12.3. The van der Waals surface area contributed by atoms with Crippen molar-refractivity contribution in [2.75, 3.05) is 13.2 Å². The monoisotopic (exact) mass is 469 g/mol. The van der Waals surface area contributed by atoms with Gasteiger partial charge in [0.25, 0.3) is 5.56 Å². The average Bonchev–Trinajstić information content (AvgIpc) is 3.14. The van der Waals surface area contributed by atoms with Crippen molar-refractivity contribution in [3.05, 3.63) is 111 Å². The molecule has 0 aliphatic carbocycles. The number of aromatic nitrogens is 1. The molecule has 0 amide bonds.